The van der Waals surface area contributed by atoms with E-state index in [4.69, 9.17) is 7.85 Å². The minimum atomic E-state index is 0.624. The van der Waals surface area contributed by atoms with E-state index in [0.717, 1.165) is 19.6 Å². The fourth-order valence-electron chi connectivity index (χ4n) is 1.22. The van der Waals surface area contributed by atoms with Crippen molar-refractivity contribution >= 4 is 13.4 Å². The van der Waals surface area contributed by atoms with Gasteiger partial charge in [0.15, 0.2) is 0 Å². The molecule has 4 heteroatoms. The fourth-order valence-corrected chi connectivity index (χ4v) is 1.22. The quantitative estimate of drug-likeness (QED) is 0.449. The van der Waals surface area contributed by atoms with Crippen LogP contribution in [0.2, 0.25) is 0 Å². The molecule has 1 aliphatic rings. The third-order valence-electron chi connectivity index (χ3n) is 1.69. The maximum atomic E-state index is 5.50. The Morgan fingerprint density at radius 2 is 2.60 bits per heavy atom. The van der Waals surface area contributed by atoms with E-state index >= 15 is 0 Å². The second kappa shape index (κ2) is 2.13. The first kappa shape index (κ1) is 5.98. The molecule has 0 amide bonds. The summed E-state index contributed by atoms with van der Waals surface area (Å²) in [5, 5.41) is 7.34. The highest BCUT2D eigenvalue weighted by Crippen LogP contribution is 1.99. The predicted molar refractivity (Wildman–Crippen MR) is 39.3 cm³/mol. The van der Waals surface area contributed by atoms with Crippen LogP contribution in [-0.4, -0.2) is 24.2 Å². The minimum absolute atomic E-state index is 0.624. The molecule has 0 saturated carbocycles. The van der Waals surface area contributed by atoms with E-state index in [2.05, 4.69) is 10.4 Å². The molecule has 2 rings (SSSR count). The topological polar surface area (TPSA) is 29.9 Å². The van der Waals surface area contributed by atoms with Gasteiger partial charge in [-0.1, -0.05) is 0 Å². The number of fused-ring (bicyclic) bond motifs is 1. The maximum Gasteiger partial charge on any atom is 0.144 e. The van der Waals surface area contributed by atoms with Crippen LogP contribution in [0.25, 0.3) is 0 Å². The molecule has 0 saturated heterocycles. The first-order chi connectivity index (χ1) is 4.86. The summed E-state index contributed by atoms with van der Waals surface area (Å²) < 4.78 is 1.95. The summed E-state index contributed by atoms with van der Waals surface area (Å²) in [6.07, 6.45) is 0. The fraction of sp³-hybridized carbons (Fsp3) is 0.500. The van der Waals surface area contributed by atoms with Crippen LogP contribution in [-0.2, 0) is 13.1 Å². The molecular formula is C6H8BN3. The second-order valence-electron chi connectivity index (χ2n) is 2.46. The monoisotopic (exact) mass is 133 g/mol. The van der Waals surface area contributed by atoms with E-state index in [1.807, 2.05) is 10.7 Å². The van der Waals surface area contributed by atoms with Gasteiger partial charge in [-0.3, -0.25) is 4.68 Å². The van der Waals surface area contributed by atoms with Gasteiger partial charge in [-0.15, -0.1) is 0 Å². The van der Waals surface area contributed by atoms with Gasteiger partial charge in [-0.25, -0.2) is 0 Å². The van der Waals surface area contributed by atoms with Crippen molar-refractivity contribution < 1.29 is 0 Å². The third-order valence-corrected chi connectivity index (χ3v) is 1.69. The summed E-state index contributed by atoms with van der Waals surface area (Å²) in [4.78, 5) is 0. The summed E-state index contributed by atoms with van der Waals surface area (Å²) >= 11 is 0. The number of nitrogens with zero attached hydrogens (tertiary/aromatic N) is 2. The molecule has 1 aliphatic heterocycles. The third kappa shape index (κ3) is 0.846. The van der Waals surface area contributed by atoms with Crippen LogP contribution in [0.3, 0.4) is 0 Å². The number of nitrogens with one attached hydrogen (secondary N) is 1. The summed E-state index contributed by atoms with van der Waals surface area (Å²) in [5.41, 5.74) is 1.81. The van der Waals surface area contributed by atoms with Gasteiger partial charge in [0.1, 0.15) is 7.85 Å². The van der Waals surface area contributed by atoms with Crippen LogP contribution in [0.4, 0.5) is 0 Å². The highest BCUT2D eigenvalue weighted by Gasteiger charge is 2.07. The molecule has 0 aromatic carbocycles. The predicted octanol–water partition coefficient (Wildman–Crippen LogP) is -1.22. The van der Waals surface area contributed by atoms with E-state index in [1.54, 1.807) is 0 Å². The Morgan fingerprint density at radius 1 is 1.70 bits per heavy atom. The number of aromatic nitrogens is 2. The number of hydrogen-bond acceptors (Lipinski definition) is 2. The van der Waals surface area contributed by atoms with E-state index in [9.17, 15) is 0 Å². The van der Waals surface area contributed by atoms with Gasteiger partial charge in [-0.05, 0) is 6.07 Å². The normalized spacial score (nSPS) is 16.8. The van der Waals surface area contributed by atoms with Crippen LogP contribution in [0, 0.1) is 0 Å². The zero-order valence-electron chi connectivity index (χ0n) is 5.67. The Hall–Kier alpha value is -0.765. The van der Waals surface area contributed by atoms with Crippen molar-refractivity contribution in [2.45, 2.75) is 13.1 Å². The molecule has 0 bridgehead atoms. The highest BCUT2D eigenvalue weighted by molar-refractivity contribution is 6.30. The molecule has 1 aromatic heterocycles. The molecule has 10 heavy (non-hydrogen) atoms. The zero-order valence-corrected chi connectivity index (χ0v) is 5.67. The van der Waals surface area contributed by atoms with Crippen molar-refractivity contribution in [3.05, 3.63) is 11.8 Å². The van der Waals surface area contributed by atoms with Crippen molar-refractivity contribution in [2.24, 2.45) is 0 Å². The van der Waals surface area contributed by atoms with Crippen molar-refractivity contribution in [3.8, 4) is 0 Å². The van der Waals surface area contributed by atoms with Gasteiger partial charge < -0.3 is 5.32 Å². The van der Waals surface area contributed by atoms with Crippen LogP contribution in [0.15, 0.2) is 6.07 Å². The average molecular weight is 133 g/mol. The van der Waals surface area contributed by atoms with Gasteiger partial charge in [-0.2, -0.15) is 5.10 Å². The Bertz CT molecular complexity index is 220. The number of hydrogen-bond donors (Lipinski definition) is 1. The van der Waals surface area contributed by atoms with E-state index in [1.165, 1.54) is 5.69 Å². The molecule has 1 aromatic rings. The molecule has 1 N–H and O–H groups in total. The summed E-state index contributed by atoms with van der Waals surface area (Å²) in [5.74, 6) is 0. The molecule has 0 spiro atoms. The lowest BCUT2D eigenvalue weighted by Gasteiger charge is -2.13. The van der Waals surface area contributed by atoms with E-state index in [0.29, 0.717) is 5.59 Å². The van der Waals surface area contributed by atoms with Gasteiger partial charge in [0.05, 0.1) is 12.2 Å². The van der Waals surface area contributed by atoms with E-state index in [-0.39, 0.29) is 0 Å². The molecule has 0 unspecified atom stereocenters. The zero-order chi connectivity index (χ0) is 6.97. The molecule has 0 atom stereocenters. The van der Waals surface area contributed by atoms with Crippen LogP contribution >= 0.6 is 0 Å². The molecule has 2 heterocycles. The molecule has 2 radical (unpaired) electrons. The van der Waals surface area contributed by atoms with Crippen molar-refractivity contribution in [2.75, 3.05) is 6.54 Å². The standard InChI is InChI=1S/C6H8BN3/c7-6-3-5-4-8-1-2-10(5)9-6/h3,8H,1-2,4H2. The molecule has 0 aliphatic carbocycles. The van der Waals surface area contributed by atoms with Gasteiger partial charge in [0.25, 0.3) is 0 Å². The average Bonchev–Trinajstić information content (AvgIpc) is 2.27. The summed E-state index contributed by atoms with van der Waals surface area (Å²) in [6, 6.07) is 1.91. The first-order valence-electron chi connectivity index (χ1n) is 3.39. The van der Waals surface area contributed by atoms with Gasteiger partial charge in [0.2, 0.25) is 0 Å². The largest absolute Gasteiger partial charge is 0.309 e. The SMILES string of the molecule is [B]c1cc2n(n1)CCNC2. The Labute approximate surface area is 60.8 Å². The summed E-state index contributed by atoms with van der Waals surface area (Å²) in [6.45, 7) is 2.82. The second-order valence-corrected chi connectivity index (χ2v) is 2.46. The lowest BCUT2D eigenvalue weighted by molar-refractivity contribution is 0.477. The van der Waals surface area contributed by atoms with Crippen molar-refractivity contribution in [1.82, 2.24) is 15.1 Å². The summed E-state index contributed by atoms with van der Waals surface area (Å²) in [7, 11) is 5.50. The Morgan fingerprint density at radius 3 is 3.40 bits per heavy atom. The molecular weight excluding hydrogens is 125 g/mol. The molecule has 50 valence electrons. The van der Waals surface area contributed by atoms with E-state index < -0.39 is 0 Å². The minimum Gasteiger partial charge on any atom is -0.309 e. The first-order valence-corrected chi connectivity index (χ1v) is 3.39. The van der Waals surface area contributed by atoms with Crippen LogP contribution in [0.5, 0.6) is 0 Å². The molecule has 0 fully saturated rings. The van der Waals surface area contributed by atoms with Crippen molar-refractivity contribution in [1.29, 1.82) is 0 Å². The highest BCUT2D eigenvalue weighted by atomic mass is 15.3. The van der Waals surface area contributed by atoms with Gasteiger partial charge in [0, 0.05) is 18.7 Å². The van der Waals surface area contributed by atoms with Gasteiger partial charge >= 0.3 is 0 Å². The lowest BCUT2D eigenvalue weighted by Crippen LogP contribution is -2.28. The maximum absolute atomic E-state index is 5.50. The lowest BCUT2D eigenvalue weighted by atomic mass is 10.1. The van der Waals surface area contributed by atoms with Crippen molar-refractivity contribution in [3.63, 3.8) is 0 Å². The smallest absolute Gasteiger partial charge is 0.144 e. The molecule has 3 nitrogen and oxygen atoms in total. The van der Waals surface area contributed by atoms with Crippen LogP contribution in [0.1, 0.15) is 5.69 Å². The number of rotatable bonds is 0. The Balaban J connectivity index is 2.41. The van der Waals surface area contributed by atoms with Crippen LogP contribution < -0.4 is 10.9 Å². The Kier molecular flexibility index (Phi) is 1.27.